The number of nitrogens with one attached hydrogen (secondary N) is 2. The lowest BCUT2D eigenvalue weighted by molar-refractivity contribution is -0.119. The number of carbonyl (C=O) groups excluding carboxylic acids is 2. The van der Waals surface area contributed by atoms with Gasteiger partial charge in [-0.3, -0.25) is 19.9 Å². The molecular formula is C19H16N4O4S. The van der Waals surface area contributed by atoms with E-state index in [0.29, 0.717) is 28.0 Å². The van der Waals surface area contributed by atoms with Gasteiger partial charge in [0.1, 0.15) is 11.5 Å². The van der Waals surface area contributed by atoms with Gasteiger partial charge in [0.2, 0.25) is 0 Å². The molecule has 1 aliphatic rings. The average molecular weight is 396 g/mol. The number of thiazole rings is 1. The Morgan fingerprint density at radius 1 is 1.36 bits per heavy atom. The monoisotopic (exact) mass is 396 g/mol. The van der Waals surface area contributed by atoms with Crippen molar-refractivity contribution in [2.24, 2.45) is 0 Å². The molecular weight excluding hydrogens is 380 g/mol. The van der Waals surface area contributed by atoms with Crippen molar-refractivity contribution in [1.29, 1.82) is 0 Å². The fraction of sp³-hybridized carbons (Fsp3) is 0.158. The Morgan fingerprint density at radius 2 is 2.25 bits per heavy atom. The number of fused-ring (bicyclic) bond motifs is 1. The first-order chi connectivity index (χ1) is 13.6. The van der Waals surface area contributed by atoms with Gasteiger partial charge in [-0.25, -0.2) is 4.98 Å². The lowest BCUT2D eigenvalue weighted by atomic mass is 10.1. The van der Waals surface area contributed by atoms with Crippen molar-refractivity contribution in [2.45, 2.75) is 6.92 Å². The van der Waals surface area contributed by atoms with Crippen LogP contribution in [0.25, 0.3) is 11.3 Å². The molecule has 0 radical (unpaired) electrons. The standard InChI is InChI=1S/C19H16N4O4S/c1-11-2-4-13(7-20-11)26-8-18(25)23-19-22-15(10-28-19)12-3-5-16-14(6-12)21-17(24)9-27-16/h2-7,10H,8-9H2,1H3,(H,21,24)(H,22,23,25). The van der Waals surface area contributed by atoms with Gasteiger partial charge in [0.15, 0.2) is 18.3 Å². The normalized spacial score (nSPS) is 12.5. The quantitative estimate of drug-likeness (QED) is 0.688. The number of pyridine rings is 1. The zero-order chi connectivity index (χ0) is 19.5. The molecule has 3 aromatic rings. The van der Waals surface area contributed by atoms with E-state index in [0.717, 1.165) is 11.3 Å². The highest BCUT2D eigenvalue weighted by molar-refractivity contribution is 7.14. The van der Waals surface area contributed by atoms with Crippen LogP contribution in [0, 0.1) is 6.92 Å². The van der Waals surface area contributed by atoms with Crippen LogP contribution in [0.4, 0.5) is 10.8 Å². The third kappa shape index (κ3) is 4.09. The van der Waals surface area contributed by atoms with Gasteiger partial charge in [-0.2, -0.15) is 0 Å². The fourth-order valence-corrected chi connectivity index (χ4v) is 3.29. The minimum absolute atomic E-state index is 0.0138. The molecule has 0 bridgehead atoms. The van der Waals surface area contributed by atoms with Crippen molar-refractivity contribution < 1.29 is 19.1 Å². The van der Waals surface area contributed by atoms with E-state index in [1.165, 1.54) is 11.3 Å². The Hall–Kier alpha value is -3.46. The van der Waals surface area contributed by atoms with Crippen LogP contribution in [0.3, 0.4) is 0 Å². The number of carbonyl (C=O) groups is 2. The maximum Gasteiger partial charge on any atom is 0.264 e. The summed E-state index contributed by atoms with van der Waals surface area (Å²) in [6.07, 6.45) is 1.57. The Balaban J connectivity index is 1.39. The largest absolute Gasteiger partial charge is 0.482 e. The summed E-state index contributed by atoms with van der Waals surface area (Å²) in [6.45, 7) is 1.75. The lowest BCUT2D eigenvalue weighted by Crippen LogP contribution is -2.25. The van der Waals surface area contributed by atoms with E-state index in [4.69, 9.17) is 9.47 Å². The van der Waals surface area contributed by atoms with E-state index in [-0.39, 0.29) is 25.0 Å². The van der Waals surface area contributed by atoms with Crippen molar-refractivity contribution >= 4 is 34.0 Å². The first kappa shape index (κ1) is 17.9. The second-order valence-electron chi connectivity index (χ2n) is 6.06. The molecule has 0 saturated heterocycles. The second-order valence-corrected chi connectivity index (χ2v) is 6.92. The molecule has 0 saturated carbocycles. The number of hydrogen-bond acceptors (Lipinski definition) is 7. The summed E-state index contributed by atoms with van der Waals surface area (Å²) in [5.41, 5.74) is 2.97. The molecule has 0 spiro atoms. The van der Waals surface area contributed by atoms with Crippen LogP contribution >= 0.6 is 11.3 Å². The molecule has 0 aliphatic carbocycles. The molecule has 1 aliphatic heterocycles. The molecule has 0 atom stereocenters. The van der Waals surface area contributed by atoms with Crippen LogP contribution in [0.1, 0.15) is 5.69 Å². The maximum atomic E-state index is 12.1. The Kier molecular flexibility index (Phi) is 4.90. The maximum absolute atomic E-state index is 12.1. The van der Waals surface area contributed by atoms with Crippen LogP contribution in [-0.4, -0.2) is 35.0 Å². The van der Waals surface area contributed by atoms with Crippen molar-refractivity contribution in [3.8, 4) is 22.8 Å². The van der Waals surface area contributed by atoms with Gasteiger partial charge in [-0.1, -0.05) is 0 Å². The zero-order valence-corrected chi connectivity index (χ0v) is 15.7. The summed E-state index contributed by atoms with van der Waals surface area (Å²) in [5, 5.41) is 7.77. The number of nitrogens with zero attached hydrogens (tertiary/aromatic N) is 2. The second kappa shape index (κ2) is 7.65. The van der Waals surface area contributed by atoms with Gasteiger partial charge in [-0.05, 0) is 37.3 Å². The van der Waals surface area contributed by atoms with Gasteiger partial charge in [0, 0.05) is 16.6 Å². The third-order valence-electron chi connectivity index (χ3n) is 3.91. The molecule has 2 aromatic heterocycles. The predicted molar refractivity (Wildman–Crippen MR) is 105 cm³/mol. The summed E-state index contributed by atoms with van der Waals surface area (Å²) < 4.78 is 10.8. The number of rotatable bonds is 5. The predicted octanol–water partition coefficient (Wildman–Crippen LogP) is 2.86. The highest BCUT2D eigenvalue weighted by Crippen LogP contribution is 2.33. The number of hydrogen-bond donors (Lipinski definition) is 2. The van der Waals surface area contributed by atoms with E-state index in [2.05, 4.69) is 20.6 Å². The third-order valence-corrected chi connectivity index (χ3v) is 4.67. The van der Waals surface area contributed by atoms with E-state index in [1.54, 1.807) is 24.4 Å². The molecule has 1 aromatic carbocycles. The van der Waals surface area contributed by atoms with Crippen molar-refractivity contribution in [2.75, 3.05) is 23.8 Å². The van der Waals surface area contributed by atoms with Crippen LogP contribution in [0.2, 0.25) is 0 Å². The van der Waals surface area contributed by atoms with E-state index < -0.39 is 0 Å². The Bertz CT molecular complexity index is 1030. The molecule has 28 heavy (non-hydrogen) atoms. The number of amides is 2. The molecule has 8 nitrogen and oxygen atoms in total. The van der Waals surface area contributed by atoms with Crippen LogP contribution in [0.15, 0.2) is 41.9 Å². The summed E-state index contributed by atoms with van der Waals surface area (Å²) in [4.78, 5) is 32.1. The number of anilines is 2. The van der Waals surface area contributed by atoms with Crippen LogP contribution < -0.4 is 20.1 Å². The zero-order valence-electron chi connectivity index (χ0n) is 14.9. The molecule has 2 N–H and O–H groups in total. The van der Waals surface area contributed by atoms with Gasteiger partial charge >= 0.3 is 0 Å². The molecule has 2 amide bonds. The average Bonchev–Trinajstić information content (AvgIpc) is 3.15. The Labute approximate surface area is 164 Å². The molecule has 3 heterocycles. The number of aromatic nitrogens is 2. The van der Waals surface area contributed by atoms with Crippen molar-refractivity contribution in [1.82, 2.24) is 9.97 Å². The SMILES string of the molecule is Cc1ccc(OCC(=O)Nc2nc(-c3ccc4c(c3)NC(=O)CO4)cs2)cn1. The highest BCUT2D eigenvalue weighted by Gasteiger charge is 2.17. The van der Waals surface area contributed by atoms with E-state index >= 15 is 0 Å². The first-order valence-electron chi connectivity index (χ1n) is 8.45. The summed E-state index contributed by atoms with van der Waals surface area (Å²) in [6, 6.07) is 9.00. The van der Waals surface area contributed by atoms with Gasteiger partial charge in [-0.15, -0.1) is 11.3 Å². The number of ether oxygens (including phenoxy) is 2. The molecule has 142 valence electrons. The summed E-state index contributed by atoms with van der Waals surface area (Å²) in [7, 11) is 0. The minimum atomic E-state index is -0.312. The Morgan fingerprint density at radius 3 is 3.07 bits per heavy atom. The first-order valence-corrected chi connectivity index (χ1v) is 9.33. The molecule has 4 rings (SSSR count). The molecule has 9 heteroatoms. The fourth-order valence-electron chi connectivity index (χ4n) is 2.55. The number of benzene rings is 1. The van der Waals surface area contributed by atoms with Crippen LogP contribution in [-0.2, 0) is 9.59 Å². The van der Waals surface area contributed by atoms with Gasteiger partial charge in [0.25, 0.3) is 11.8 Å². The summed E-state index contributed by atoms with van der Waals surface area (Å²) >= 11 is 1.30. The van der Waals surface area contributed by atoms with Gasteiger partial charge < -0.3 is 14.8 Å². The number of aryl methyl sites for hydroxylation is 1. The van der Waals surface area contributed by atoms with Crippen LogP contribution in [0.5, 0.6) is 11.5 Å². The van der Waals surface area contributed by atoms with Crippen molar-refractivity contribution in [3.05, 3.63) is 47.6 Å². The van der Waals surface area contributed by atoms with Crippen molar-refractivity contribution in [3.63, 3.8) is 0 Å². The molecule has 0 fully saturated rings. The van der Waals surface area contributed by atoms with E-state index in [9.17, 15) is 9.59 Å². The van der Waals surface area contributed by atoms with Gasteiger partial charge in [0.05, 0.1) is 17.6 Å². The minimum Gasteiger partial charge on any atom is -0.482 e. The molecule has 0 unspecified atom stereocenters. The van der Waals surface area contributed by atoms with E-state index in [1.807, 2.05) is 24.4 Å². The lowest BCUT2D eigenvalue weighted by Gasteiger charge is -2.18. The smallest absolute Gasteiger partial charge is 0.264 e. The highest BCUT2D eigenvalue weighted by atomic mass is 32.1. The summed E-state index contributed by atoms with van der Waals surface area (Å²) in [5.74, 6) is 0.640. The topological polar surface area (TPSA) is 102 Å².